The highest BCUT2D eigenvalue weighted by molar-refractivity contribution is 6.63. The molecule has 2 aliphatic carbocycles. The van der Waals surface area contributed by atoms with Crippen LogP contribution in [0.3, 0.4) is 0 Å². The van der Waals surface area contributed by atoms with Crippen molar-refractivity contribution in [3.8, 4) is 5.75 Å². The van der Waals surface area contributed by atoms with Gasteiger partial charge in [0.15, 0.2) is 0 Å². The number of phenols is 1. The Morgan fingerprint density at radius 1 is 0.971 bits per heavy atom. The van der Waals surface area contributed by atoms with Crippen LogP contribution in [0.15, 0.2) is 59.1 Å². The lowest BCUT2D eigenvalue weighted by Gasteiger charge is -2.30. The van der Waals surface area contributed by atoms with E-state index in [2.05, 4.69) is 0 Å². The van der Waals surface area contributed by atoms with Crippen molar-refractivity contribution in [3.63, 3.8) is 0 Å². The number of carbonyl (C=O) groups excluding carboxylic acids is 2. The van der Waals surface area contributed by atoms with Gasteiger partial charge in [0.1, 0.15) is 30.6 Å². The van der Waals surface area contributed by atoms with Gasteiger partial charge in [0, 0.05) is 53.2 Å². The van der Waals surface area contributed by atoms with Gasteiger partial charge in [-0.2, -0.15) is 0 Å². The molecule has 0 aromatic heterocycles. The number of quaternary nitrogens is 1. The van der Waals surface area contributed by atoms with E-state index in [9.17, 15) is 24.9 Å². The molecule has 1 aromatic carbocycles. The molecule has 2 saturated heterocycles. The zero-order chi connectivity index (χ0) is 23.8. The molecule has 1 atom stereocenters. The van der Waals surface area contributed by atoms with Crippen molar-refractivity contribution in [2.45, 2.75) is 6.04 Å². The summed E-state index contributed by atoms with van der Waals surface area (Å²) in [5.41, 5.74) is 0.0414. The van der Waals surface area contributed by atoms with Gasteiger partial charge in [-0.15, -0.1) is 0 Å². The number of rotatable bonds is 3. The van der Waals surface area contributed by atoms with Gasteiger partial charge < -0.3 is 34.6 Å². The minimum absolute atomic E-state index is 0.00913. The highest BCUT2D eigenvalue weighted by Gasteiger charge is 2.37. The van der Waals surface area contributed by atoms with Crippen LogP contribution >= 0.6 is 0 Å². The Morgan fingerprint density at radius 3 is 2.32 bits per heavy atom. The Kier molecular flexibility index (Phi) is 5.99. The summed E-state index contributed by atoms with van der Waals surface area (Å²) in [5.74, 6) is -3.21. The zero-order valence-corrected chi connectivity index (χ0v) is 18.6. The fraction of sp³-hybridized carbons (Fsp3) is 0.360. The Balaban J connectivity index is 1.48. The SMILES string of the molecule is O=C1C(=O)/C(=C2\C=CC([NH+]3CCOCC3)C=C2O)C([O-])=C1c1ccc(N2CCOCC2)cc1O. The lowest BCUT2D eigenvalue weighted by Crippen LogP contribution is -3.17. The molecule has 9 nitrogen and oxygen atoms in total. The summed E-state index contributed by atoms with van der Waals surface area (Å²) in [6, 6.07) is 4.56. The number of phenolic OH excluding ortho intramolecular Hbond substituents is 1. The van der Waals surface area contributed by atoms with E-state index in [0.717, 1.165) is 18.8 Å². The van der Waals surface area contributed by atoms with E-state index < -0.39 is 17.3 Å². The van der Waals surface area contributed by atoms with Crippen molar-refractivity contribution in [2.75, 3.05) is 57.5 Å². The van der Waals surface area contributed by atoms with E-state index in [1.807, 2.05) is 11.0 Å². The molecule has 4 aliphatic rings. The molecule has 34 heavy (non-hydrogen) atoms. The highest BCUT2D eigenvalue weighted by atomic mass is 16.5. The standard InChI is InChI=1S/C25H26N2O7/c28-19-13-15(26-5-9-33-10-6-26)1-3-17(19)21-23(30)22(25(32)24(21)31)18-4-2-16(14-20(18)29)27-7-11-34-12-8-27/h1-4,13-15,28-30H,5-12H2/b21-17+. The largest absolute Gasteiger partial charge is 0.871 e. The van der Waals surface area contributed by atoms with Crippen molar-refractivity contribution in [1.29, 1.82) is 0 Å². The maximum atomic E-state index is 13.2. The number of aliphatic hydroxyl groups is 1. The average molecular weight is 466 g/mol. The lowest BCUT2D eigenvalue weighted by molar-refractivity contribution is -0.919. The number of Topliss-reactive ketones (excluding diaryl/α,β-unsaturated/α-hetero) is 2. The van der Waals surface area contributed by atoms with Gasteiger partial charge in [-0.05, 0) is 24.3 Å². The Bertz CT molecular complexity index is 1150. The molecule has 2 fully saturated rings. The second-order valence-electron chi connectivity index (χ2n) is 8.66. The predicted molar refractivity (Wildman–Crippen MR) is 120 cm³/mol. The van der Waals surface area contributed by atoms with E-state index in [1.54, 1.807) is 12.1 Å². The molecule has 0 bridgehead atoms. The van der Waals surface area contributed by atoms with Crippen molar-refractivity contribution in [2.24, 2.45) is 0 Å². The van der Waals surface area contributed by atoms with Crippen LogP contribution in [-0.2, 0) is 19.1 Å². The molecular weight excluding hydrogens is 440 g/mol. The first-order valence-electron chi connectivity index (χ1n) is 11.4. The van der Waals surface area contributed by atoms with Crippen molar-refractivity contribution in [1.82, 2.24) is 0 Å². The van der Waals surface area contributed by atoms with Crippen molar-refractivity contribution < 1.29 is 39.3 Å². The van der Waals surface area contributed by atoms with Crippen LogP contribution in [0.2, 0.25) is 0 Å². The molecule has 0 radical (unpaired) electrons. The number of aliphatic hydroxyl groups excluding tert-OH is 1. The molecule has 9 heteroatoms. The maximum absolute atomic E-state index is 13.2. The Morgan fingerprint density at radius 2 is 1.65 bits per heavy atom. The van der Waals surface area contributed by atoms with Gasteiger partial charge in [-0.1, -0.05) is 5.76 Å². The quantitative estimate of drug-likeness (QED) is 0.385. The molecule has 1 aromatic rings. The summed E-state index contributed by atoms with van der Waals surface area (Å²) in [4.78, 5) is 28.8. The molecule has 2 heterocycles. The van der Waals surface area contributed by atoms with Crippen LogP contribution in [0.5, 0.6) is 5.75 Å². The third-order valence-corrected chi connectivity index (χ3v) is 6.70. The van der Waals surface area contributed by atoms with Gasteiger partial charge in [-0.3, -0.25) is 9.59 Å². The third-order valence-electron chi connectivity index (χ3n) is 6.70. The number of ketones is 2. The number of ether oxygens (including phenoxy) is 2. The van der Waals surface area contributed by atoms with Crippen LogP contribution in [0.1, 0.15) is 5.56 Å². The van der Waals surface area contributed by atoms with Crippen LogP contribution < -0.4 is 14.9 Å². The fourth-order valence-electron chi connectivity index (χ4n) is 4.83. The number of morpholine rings is 2. The first-order chi connectivity index (χ1) is 16.5. The number of nitrogens with one attached hydrogen (secondary N) is 1. The van der Waals surface area contributed by atoms with Gasteiger partial charge in [0.25, 0.3) is 0 Å². The number of carbonyl (C=O) groups is 2. The molecule has 0 saturated carbocycles. The average Bonchev–Trinajstić information content (AvgIpc) is 3.08. The van der Waals surface area contributed by atoms with E-state index in [4.69, 9.17) is 9.47 Å². The summed E-state index contributed by atoms with van der Waals surface area (Å²) in [6.07, 6.45) is 4.95. The molecule has 5 rings (SSSR count). The van der Waals surface area contributed by atoms with E-state index >= 15 is 0 Å². The molecular formula is C25H26N2O7. The van der Waals surface area contributed by atoms with Crippen LogP contribution in [-0.4, -0.2) is 80.4 Å². The van der Waals surface area contributed by atoms with E-state index in [1.165, 1.54) is 23.1 Å². The monoisotopic (exact) mass is 466 g/mol. The highest BCUT2D eigenvalue weighted by Crippen LogP contribution is 2.39. The number of hydrogen-bond acceptors (Lipinski definition) is 8. The molecule has 1 unspecified atom stereocenters. The number of benzene rings is 1. The minimum Gasteiger partial charge on any atom is -0.871 e. The summed E-state index contributed by atoms with van der Waals surface area (Å²) in [7, 11) is 0. The maximum Gasteiger partial charge on any atom is 0.233 e. The summed E-state index contributed by atoms with van der Waals surface area (Å²) >= 11 is 0. The molecule has 2 aliphatic heterocycles. The first-order valence-corrected chi connectivity index (χ1v) is 11.4. The van der Waals surface area contributed by atoms with E-state index in [0.29, 0.717) is 39.5 Å². The minimum atomic E-state index is -0.982. The molecule has 0 spiro atoms. The van der Waals surface area contributed by atoms with Crippen LogP contribution in [0.4, 0.5) is 5.69 Å². The summed E-state index contributed by atoms with van der Waals surface area (Å²) < 4.78 is 10.7. The van der Waals surface area contributed by atoms with Crippen LogP contribution in [0.25, 0.3) is 5.57 Å². The van der Waals surface area contributed by atoms with Crippen molar-refractivity contribution in [3.05, 3.63) is 64.7 Å². The second kappa shape index (κ2) is 9.09. The summed E-state index contributed by atoms with van der Waals surface area (Å²) in [5, 5.41) is 34.5. The Hall–Kier alpha value is -3.40. The number of aromatic hydroxyl groups is 1. The number of nitrogens with zero attached hydrogens (tertiary/aromatic N) is 1. The Labute approximate surface area is 196 Å². The lowest BCUT2D eigenvalue weighted by atomic mass is 9.96. The van der Waals surface area contributed by atoms with Gasteiger partial charge in [0.05, 0.1) is 26.4 Å². The zero-order valence-electron chi connectivity index (χ0n) is 18.6. The van der Waals surface area contributed by atoms with Gasteiger partial charge in [0.2, 0.25) is 11.6 Å². The fourth-order valence-corrected chi connectivity index (χ4v) is 4.83. The number of hydrogen-bond donors (Lipinski definition) is 3. The molecule has 3 N–H and O–H groups in total. The number of anilines is 1. The predicted octanol–water partition coefficient (Wildman–Crippen LogP) is -0.956. The third kappa shape index (κ3) is 3.91. The smallest absolute Gasteiger partial charge is 0.233 e. The van der Waals surface area contributed by atoms with Crippen LogP contribution in [0, 0.1) is 0 Å². The van der Waals surface area contributed by atoms with Crippen molar-refractivity contribution >= 4 is 22.8 Å². The van der Waals surface area contributed by atoms with E-state index in [-0.39, 0.29) is 39.8 Å². The second-order valence-corrected chi connectivity index (χ2v) is 8.66. The first kappa shape index (κ1) is 22.4. The topological polar surface area (TPSA) is 124 Å². The molecule has 178 valence electrons. The normalized spacial score (nSPS) is 26.4. The molecule has 0 amide bonds. The van der Waals surface area contributed by atoms with Gasteiger partial charge >= 0.3 is 0 Å². The number of allylic oxidation sites excluding steroid dienone is 3. The van der Waals surface area contributed by atoms with Gasteiger partial charge in [-0.25, -0.2) is 0 Å². The summed E-state index contributed by atoms with van der Waals surface area (Å²) in [6.45, 7) is 5.26.